The van der Waals surface area contributed by atoms with Crippen LogP contribution in [0.25, 0.3) is 0 Å². The molecule has 0 bridgehead atoms. The molecule has 0 aromatic heterocycles. The van der Waals surface area contributed by atoms with E-state index in [2.05, 4.69) is 4.99 Å². The molecule has 0 fully saturated rings. The summed E-state index contributed by atoms with van der Waals surface area (Å²) in [5.74, 6) is -4.62. The molecule has 3 rings (SSSR count). The molecule has 2 atom stereocenters. The van der Waals surface area contributed by atoms with Crippen LogP contribution in [-0.2, 0) is 16.3 Å². The van der Waals surface area contributed by atoms with Crippen molar-refractivity contribution in [3.8, 4) is 0 Å². The summed E-state index contributed by atoms with van der Waals surface area (Å²) in [4.78, 5) is 18.7. The zero-order valence-corrected chi connectivity index (χ0v) is 15.2. The third-order valence-corrected chi connectivity index (χ3v) is 4.99. The molecule has 1 heterocycles. The van der Waals surface area contributed by atoms with Crippen molar-refractivity contribution < 1.29 is 18.0 Å². The van der Waals surface area contributed by atoms with Crippen LogP contribution in [0.1, 0.15) is 36.5 Å². The highest BCUT2D eigenvalue weighted by atomic mass is 19.3. The molecule has 1 aliphatic heterocycles. The summed E-state index contributed by atoms with van der Waals surface area (Å²) in [6.45, 7) is 2.50. The molecule has 0 saturated carbocycles. The van der Waals surface area contributed by atoms with Gasteiger partial charge in [-0.15, -0.1) is 0 Å². The second-order valence-electron chi connectivity index (χ2n) is 6.97. The molecule has 2 aromatic carbocycles. The summed E-state index contributed by atoms with van der Waals surface area (Å²) in [6.07, 6.45) is 0. The maximum atomic E-state index is 13.8. The number of rotatable bonds is 3. The number of amides is 1. The minimum Gasteiger partial charge on any atom is -0.369 e. The van der Waals surface area contributed by atoms with Gasteiger partial charge in [-0.3, -0.25) is 9.69 Å². The first-order valence-corrected chi connectivity index (χ1v) is 8.41. The Morgan fingerprint density at radius 3 is 2.37 bits per heavy atom. The number of halogens is 3. The van der Waals surface area contributed by atoms with Crippen LogP contribution in [0.2, 0.25) is 0 Å². The monoisotopic (exact) mass is 375 g/mol. The van der Waals surface area contributed by atoms with Gasteiger partial charge in [-0.2, -0.15) is 0 Å². The molecule has 4 nitrogen and oxygen atoms in total. The van der Waals surface area contributed by atoms with Gasteiger partial charge in [0.15, 0.2) is 5.96 Å². The molecule has 1 aliphatic rings. The summed E-state index contributed by atoms with van der Waals surface area (Å²) in [5.41, 5.74) is 5.55. The average Bonchev–Trinajstić information content (AvgIpc) is 2.59. The van der Waals surface area contributed by atoms with Crippen molar-refractivity contribution >= 4 is 11.9 Å². The summed E-state index contributed by atoms with van der Waals surface area (Å²) in [5, 5.41) is 0. The van der Waals surface area contributed by atoms with E-state index in [-0.39, 0.29) is 17.4 Å². The second kappa shape index (κ2) is 6.40. The Balaban J connectivity index is 2.16. The predicted molar refractivity (Wildman–Crippen MR) is 96.9 cm³/mol. The molecule has 0 radical (unpaired) electrons. The van der Waals surface area contributed by atoms with E-state index in [1.165, 1.54) is 54.4 Å². The lowest BCUT2D eigenvalue weighted by Crippen LogP contribution is -2.52. The number of hydrogen-bond acceptors (Lipinski definition) is 3. The molecule has 2 aromatic rings. The Kier molecular flexibility index (Phi) is 4.49. The molecular formula is C20H20F3N3O. The molecule has 27 heavy (non-hydrogen) atoms. The fourth-order valence-corrected chi connectivity index (χ4v) is 3.39. The number of likely N-dealkylation sites (N-methyl/N-ethyl adjacent to an activating group) is 1. The highest BCUT2D eigenvalue weighted by Crippen LogP contribution is 2.44. The Hall–Kier alpha value is -2.83. The first-order chi connectivity index (χ1) is 12.5. The van der Waals surface area contributed by atoms with Crippen molar-refractivity contribution in [2.45, 2.75) is 31.2 Å². The highest BCUT2D eigenvalue weighted by molar-refractivity contribution is 6.02. The van der Waals surface area contributed by atoms with Gasteiger partial charge >= 0.3 is 0 Å². The fraction of sp³-hybridized carbons (Fsp3) is 0.300. The molecule has 0 unspecified atom stereocenters. The zero-order valence-electron chi connectivity index (χ0n) is 15.2. The number of nitrogens with zero attached hydrogens (tertiary/aromatic N) is 2. The lowest BCUT2D eigenvalue weighted by atomic mass is 9.74. The van der Waals surface area contributed by atoms with Gasteiger partial charge in [0.25, 0.3) is 5.92 Å². The van der Waals surface area contributed by atoms with Crippen LogP contribution in [-0.4, -0.2) is 23.8 Å². The summed E-state index contributed by atoms with van der Waals surface area (Å²) >= 11 is 0. The Morgan fingerprint density at radius 2 is 1.81 bits per heavy atom. The van der Waals surface area contributed by atoms with Crippen LogP contribution in [0.5, 0.6) is 0 Å². The van der Waals surface area contributed by atoms with Gasteiger partial charge in [0.1, 0.15) is 11.4 Å². The lowest BCUT2D eigenvalue weighted by molar-refractivity contribution is -0.130. The molecule has 1 amide bonds. The van der Waals surface area contributed by atoms with Gasteiger partial charge < -0.3 is 5.73 Å². The van der Waals surface area contributed by atoms with Crippen LogP contribution in [0.4, 0.5) is 13.2 Å². The third kappa shape index (κ3) is 3.29. The van der Waals surface area contributed by atoms with E-state index >= 15 is 0 Å². The molecule has 7 heteroatoms. The first-order valence-electron chi connectivity index (χ1n) is 8.41. The van der Waals surface area contributed by atoms with Gasteiger partial charge in [0, 0.05) is 19.5 Å². The number of hydrogen-bond donors (Lipinski definition) is 1. The molecule has 0 saturated heterocycles. The van der Waals surface area contributed by atoms with Crippen LogP contribution < -0.4 is 5.73 Å². The normalized spacial score (nSPS) is 23.3. The van der Waals surface area contributed by atoms with Crippen LogP contribution >= 0.6 is 0 Å². The first kappa shape index (κ1) is 18.9. The standard InChI is InChI=1S/C20H20F3N3O/c1-19(14-5-4-6-15(21)11-14)16(17(27)26(3)18(24)25-19)12-7-9-13(10-8-12)20(2,22)23/h4-11,16H,1-3H3,(H2,24,25)/t16-,19+/m0/s1. The van der Waals surface area contributed by atoms with Crippen molar-refractivity contribution in [3.63, 3.8) is 0 Å². The maximum absolute atomic E-state index is 13.8. The predicted octanol–water partition coefficient (Wildman–Crippen LogP) is 3.72. The second-order valence-corrected chi connectivity index (χ2v) is 6.97. The van der Waals surface area contributed by atoms with Crippen LogP contribution in [0, 0.1) is 5.82 Å². The smallest absolute Gasteiger partial charge is 0.270 e. The largest absolute Gasteiger partial charge is 0.369 e. The average molecular weight is 375 g/mol. The van der Waals surface area contributed by atoms with Crippen molar-refractivity contribution in [1.29, 1.82) is 0 Å². The van der Waals surface area contributed by atoms with Crippen molar-refractivity contribution in [2.24, 2.45) is 10.7 Å². The third-order valence-electron chi connectivity index (χ3n) is 4.99. The van der Waals surface area contributed by atoms with Crippen molar-refractivity contribution in [1.82, 2.24) is 4.90 Å². The molecule has 0 aliphatic carbocycles. The number of nitrogens with two attached hydrogens (primary N) is 1. The molecule has 2 N–H and O–H groups in total. The summed E-state index contributed by atoms with van der Waals surface area (Å²) in [7, 11) is 1.49. The van der Waals surface area contributed by atoms with Gasteiger partial charge in [0.2, 0.25) is 5.91 Å². The lowest BCUT2D eigenvalue weighted by Gasteiger charge is -2.41. The van der Waals surface area contributed by atoms with E-state index in [0.29, 0.717) is 11.1 Å². The van der Waals surface area contributed by atoms with Gasteiger partial charge in [-0.1, -0.05) is 36.4 Å². The fourth-order valence-electron chi connectivity index (χ4n) is 3.39. The van der Waals surface area contributed by atoms with Crippen LogP contribution in [0.15, 0.2) is 53.5 Å². The maximum Gasteiger partial charge on any atom is 0.270 e. The number of carbonyl (C=O) groups excluding carboxylic acids is 1. The van der Waals surface area contributed by atoms with E-state index in [1.807, 2.05) is 0 Å². The quantitative estimate of drug-likeness (QED) is 0.889. The number of alkyl halides is 2. The minimum atomic E-state index is -2.99. The van der Waals surface area contributed by atoms with E-state index < -0.39 is 23.2 Å². The zero-order chi connectivity index (χ0) is 20.0. The summed E-state index contributed by atoms with van der Waals surface area (Å²) in [6, 6.07) is 11.3. The van der Waals surface area contributed by atoms with Gasteiger partial charge in [-0.05, 0) is 30.2 Å². The molecule has 142 valence electrons. The number of carbonyl (C=O) groups is 1. The van der Waals surface area contributed by atoms with E-state index in [9.17, 15) is 18.0 Å². The molecular weight excluding hydrogens is 355 g/mol. The van der Waals surface area contributed by atoms with Crippen molar-refractivity contribution in [2.75, 3.05) is 7.05 Å². The topological polar surface area (TPSA) is 58.7 Å². The van der Waals surface area contributed by atoms with Crippen molar-refractivity contribution in [3.05, 3.63) is 71.0 Å². The number of benzene rings is 2. The summed E-state index contributed by atoms with van der Waals surface area (Å²) < 4.78 is 40.9. The Labute approximate surface area is 155 Å². The Morgan fingerprint density at radius 1 is 1.19 bits per heavy atom. The number of aliphatic imine (C=N–C) groups is 1. The van der Waals surface area contributed by atoms with E-state index in [0.717, 1.165) is 6.92 Å². The van der Waals surface area contributed by atoms with Gasteiger partial charge in [-0.25, -0.2) is 18.2 Å². The number of guanidine groups is 1. The highest BCUT2D eigenvalue weighted by Gasteiger charge is 2.47. The van der Waals surface area contributed by atoms with Gasteiger partial charge in [0.05, 0.1) is 5.92 Å². The Bertz CT molecular complexity index is 905. The van der Waals surface area contributed by atoms with Crippen LogP contribution in [0.3, 0.4) is 0 Å². The minimum absolute atomic E-state index is 0.0136. The molecule has 0 spiro atoms. The van der Waals surface area contributed by atoms with E-state index in [1.54, 1.807) is 13.0 Å². The SMILES string of the molecule is CN1C(=O)[C@H](c2ccc(C(C)(F)F)cc2)[C@@](C)(c2cccc(F)c2)N=C1N. The van der Waals surface area contributed by atoms with E-state index in [4.69, 9.17) is 5.73 Å².